The molecule has 5 heteroatoms. The number of carbonyl (C=O) groups excluding carboxylic acids is 1. The molecule has 1 saturated heterocycles. The molecule has 1 amide bonds. The number of carbonyl (C=O) groups is 1. The molecule has 0 saturated carbocycles. The van der Waals surface area contributed by atoms with Crippen LogP contribution in [-0.4, -0.2) is 36.0 Å². The van der Waals surface area contributed by atoms with Crippen molar-refractivity contribution in [2.45, 2.75) is 26.2 Å². The molecular formula is C17H20N2O2S. The van der Waals surface area contributed by atoms with Gasteiger partial charge in [-0.05, 0) is 37.6 Å². The molecule has 0 spiro atoms. The SMILES string of the molecule is COc1ccc(-c2nc(CCN3CCCC3=O)sc2C)cc1. The number of amides is 1. The van der Waals surface area contributed by atoms with Crippen LogP contribution in [-0.2, 0) is 11.2 Å². The van der Waals surface area contributed by atoms with Crippen LogP contribution in [0.1, 0.15) is 22.7 Å². The van der Waals surface area contributed by atoms with Crippen LogP contribution in [0.5, 0.6) is 5.75 Å². The number of methoxy groups -OCH3 is 1. The van der Waals surface area contributed by atoms with Crippen molar-refractivity contribution in [1.82, 2.24) is 9.88 Å². The van der Waals surface area contributed by atoms with E-state index in [-0.39, 0.29) is 5.91 Å². The molecule has 0 atom stereocenters. The highest BCUT2D eigenvalue weighted by Crippen LogP contribution is 2.29. The van der Waals surface area contributed by atoms with Gasteiger partial charge in [-0.3, -0.25) is 4.79 Å². The van der Waals surface area contributed by atoms with Gasteiger partial charge in [0.1, 0.15) is 5.75 Å². The molecule has 2 heterocycles. The van der Waals surface area contributed by atoms with Gasteiger partial charge in [0.15, 0.2) is 0 Å². The molecule has 3 rings (SSSR count). The van der Waals surface area contributed by atoms with Gasteiger partial charge in [0.05, 0.1) is 17.8 Å². The fourth-order valence-electron chi connectivity index (χ4n) is 2.75. The molecule has 1 aliphatic rings. The third kappa shape index (κ3) is 3.14. The van der Waals surface area contributed by atoms with Crippen LogP contribution in [0.2, 0.25) is 0 Å². The molecule has 0 unspecified atom stereocenters. The molecule has 2 aromatic rings. The van der Waals surface area contributed by atoms with Crippen LogP contribution in [0.15, 0.2) is 24.3 Å². The van der Waals surface area contributed by atoms with Crippen LogP contribution >= 0.6 is 11.3 Å². The van der Waals surface area contributed by atoms with E-state index in [1.807, 2.05) is 29.2 Å². The average Bonchev–Trinajstić information content (AvgIpc) is 3.11. The maximum Gasteiger partial charge on any atom is 0.222 e. The molecule has 1 aliphatic heterocycles. The molecule has 116 valence electrons. The topological polar surface area (TPSA) is 42.4 Å². The molecule has 22 heavy (non-hydrogen) atoms. The minimum Gasteiger partial charge on any atom is -0.497 e. The van der Waals surface area contributed by atoms with Crippen LogP contribution < -0.4 is 4.74 Å². The van der Waals surface area contributed by atoms with E-state index in [9.17, 15) is 4.79 Å². The number of likely N-dealkylation sites (tertiary alicyclic amines) is 1. The summed E-state index contributed by atoms with van der Waals surface area (Å²) in [5.41, 5.74) is 2.15. The fraction of sp³-hybridized carbons (Fsp3) is 0.412. The number of hydrogen-bond acceptors (Lipinski definition) is 4. The van der Waals surface area contributed by atoms with Gasteiger partial charge in [-0.15, -0.1) is 11.3 Å². The summed E-state index contributed by atoms with van der Waals surface area (Å²) in [5.74, 6) is 1.13. The lowest BCUT2D eigenvalue weighted by molar-refractivity contribution is -0.127. The van der Waals surface area contributed by atoms with E-state index >= 15 is 0 Å². The molecular weight excluding hydrogens is 296 g/mol. The molecule has 0 aliphatic carbocycles. The van der Waals surface area contributed by atoms with Crippen molar-refractivity contribution >= 4 is 17.2 Å². The van der Waals surface area contributed by atoms with Crippen molar-refractivity contribution in [1.29, 1.82) is 0 Å². The predicted molar refractivity (Wildman–Crippen MR) is 88.4 cm³/mol. The summed E-state index contributed by atoms with van der Waals surface area (Å²) in [4.78, 5) is 19.6. The first-order chi connectivity index (χ1) is 10.7. The zero-order valence-corrected chi connectivity index (χ0v) is 13.8. The fourth-order valence-corrected chi connectivity index (χ4v) is 3.69. The van der Waals surface area contributed by atoms with Gasteiger partial charge in [0.25, 0.3) is 0 Å². The molecule has 1 fully saturated rings. The van der Waals surface area contributed by atoms with Gasteiger partial charge >= 0.3 is 0 Å². The van der Waals surface area contributed by atoms with Crippen LogP contribution in [0, 0.1) is 6.92 Å². The third-order valence-corrected chi connectivity index (χ3v) is 5.00. The zero-order chi connectivity index (χ0) is 15.5. The van der Waals surface area contributed by atoms with E-state index in [0.717, 1.165) is 47.9 Å². The lowest BCUT2D eigenvalue weighted by atomic mass is 10.1. The standard InChI is InChI=1S/C17H20N2O2S/c1-12-17(13-5-7-14(21-2)8-6-13)18-15(22-12)9-11-19-10-3-4-16(19)20/h5-8H,3-4,9-11H2,1-2H3. The Bertz CT molecular complexity index is 664. The Balaban J connectivity index is 1.71. The van der Waals surface area contributed by atoms with Gasteiger partial charge < -0.3 is 9.64 Å². The monoisotopic (exact) mass is 316 g/mol. The summed E-state index contributed by atoms with van der Waals surface area (Å²) in [6.45, 7) is 3.78. The molecule has 0 N–H and O–H groups in total. The Hall–Kier alpha value is -1.88. The number of benzene rings is 1. The Morgan fingerprint density at radius 2 is 2.09 bits per heavy atom. The summed E-state index contributed by atoms with van der Waals surface area (Å²) in [5, 5.41) is 1.10. The quantitative estimate of drug-likeness (QED) is 0.850. The predicted octanol–water partition coefficient (Wildman–Crippen LogP) is 3.29. The summed E-state index contributed by atoms with van der Waals surface area (Å²) in [6, 6.07) is 7.98. The summed E-state index contributed by atoms with van der Waals surface area (Å²) in [6.07, 6.45) is 2.54. The van der Waals surface area contributed by atoms with Crippen LogP contribution in [0.25, 0.3) is 11.3 Å². The van der Waals surface area contributed by atoms with Gasteiger partial charge in [-0.2, -0.15) is 0 Å². The Labute approximate surface area is 134 Å². The Kier molecular flexibility index (Phi) is 4.43. The lowest BCUT2D eigenvalue weighted by Gasteiger charge is -2.13. The van der Waals surface area contributed by atoms with Crippen molar-refractivity contribution in [3.63, 3.8) is 0 Å². The number of nitrogens with zero attached hydrogens (tertiary/aromatic N) is 2. The summed E-state index contributed by atoms with van der Waals surface area (Å²) in [7, 11) is 1.67. The second-order valence-corrected chi connectivity index (χ2v) is 6.76. The van der Waals surface area contributed by atoms with Crippen LogP contribution in [0.3, 0.4) is 0 Å². The van der Waals surface area contributed by atoms with Crippen molar-refractivity contribution in [3.8, 4) is 17.0 Å². The van der Waals surface area contributed by atoms with Gasteiger partial charge in [-0.25, -0.2) is 4.98 Å². The third-order valence-electron chi connectivity index (χ3n) is 3.97. The maximum atomic E-state index is 11.6. The minimum atomic E-state index is 0.281. The first kappa shape index (κ1) is 15.0. The second-order valence-electron chi connectivity index (χ2n) is 5.48. The number of ether oxygens (including phenoxy) is 1. The molecule has 4 nitrogen and oxygen atoms in total. The lowest BCUT2D eigenvalue weighted by Crippen LogP contribution is -2.26. The number of aromatic nitrogens is 1. The van der Waals surface area contributed by atoms with E-state index in [0.29, 0.717) is 6.42 Å². The number of hydrogen-bond donors (Lipinski definition) is 0. The second kappa shape index (κ2) is 6.48. The first-order valence-electron chi connectivity index (χ1n) is 7.56. The zero-order valence-electron chi connectivity index (χ0n) is 13.0. The average molecular weight is 316 g/mol. The normalized spacial score (nSPS) is 14.6. The van der Waals surface area contributed by atoms with E-state index in [1.54, 1.807) is 18.4 Å². The van der Waals surface area contributed by atoms with Crippen molar-refractivity contribution in [3.05, 3.63) is 34.2 Å². The first-order valence-corrected chi connectivity index (χ1v) is 8.37. The highest BCUT2D eigenvalue weighted by atomic mass is 32.1. The van der Waals surface area contributed by atoms with Crippen LogP contribution in [0.4, 0.5) is 0 Å². The largest absolute Gasteiger partial charge is 0.497 e. The summed E-state index contributed by atoms with van der Waals surface area (Å²) < 4.78 is 5.19. The Morgan fingerprint density at radius 1 is 1.32 bits per heavy atom. The smallest absolute Gasteiger partial charge is 0.222 e. The van der Waals surface area contributed by atoms with Gasteiger partial charge in [0, 0.05) is 36.4 Å². The maximum absolute atomic E-state index is 11.6. The number of aryl methyl sites for hydroxylation is 1. The van der Waals surface area contributed by atoms with Crippen molar-refractivity contribution in [2.24, 2.45) is 0 Å². The van der Waals surface area contributed by atoms with Crippen molar-refractivity contribution in [2.75, 3.05) is 20.2 Å². The van der Waals surface area contributed by atoms with E-state index in [1.165, 1.54) is 4.88 Å². The Morgan fingerprint density at radius 3 is 2.73 bits per heavy atom. The molecule has 1 aromatic carbocycles. The van der Waals surface area contributed by atoms with E-state index in [4.69, 9.17) is 9.72 Å². The molecule has 0 radical (unpaired) electrons. The highest BCUT2D eigenvalue weighted by molar-refractivity contribution is 7.12. The van der Waals surface area contributed by atoms with E-state index < -0.39 is 0 Å². The highest BCUT2D eigenvalue weighted by Gasteiger charge is 2.20. The van der Waals surface area contributed by atoms with Gasteiger partial charge in [0.2, 0.25) is 5.91 Å². The summed E-state index contributed by atoms with van der Waals surface area (Å²) >= 11 is 1.72. The minimum absolute atomic E-state index is 0.281. The van der Waals surface area contributed by atoms with E-state index in [2.05, 4.69) is 6.92 Å². The molecule has 0 bridgehead atoms. The number of thiazole rings is 1. The number of rotatable bonds is 5. The van der Waals surface area contributed by atoms with Crippen molar-refractivity contribution < 1.29 is 9.53 Å². The molecule has 1 aromatic heterocycles. The van der Waals surface area contributed by atoms with Gasteiger partial charge in [-0.1, -0.05) is 0 Å².